The highest BCUT2D eigenvalue weighted by atomic mass is 16.5. The maximum atomic E-state index is 12.5. The fourth-order valence-corrected chi connectivity index (χ4v) is 7.24. The molecule has 0 amide bonds. The number of likely N-dealkylation sites (tertiary alicyclic amines) is 1. The number of aromatic hydroxyl groups is 1. The first kappa shape index (κ1) is 18.9. The quantitative estimate of drug-likeness (QED) is 0.645. The number of piperidine rings is 1. The predicted octanol–water partition coefficient (Wildman–Crippen LogP) is 3.32. The molecule has 2 aromatic rings. The molecule has 3 heterocycles. The summed E-state index contributed by atoms with van der Waals surface area (Å²) in [5.74, 6) is 1.60. The summed E-state index contributed by atoms with van der Waals surface area (Å²) >= 11 is 0. The Balaban J connectivity index is 1.43. The van der Waals surface area contributed by atoms with Gasteiger partial charge in [0.05, 0.1) is 11.0 Å². The molecule has 1 aromatic heterocycles. The molecule has 32 heavy (non-hydrogen) atoms. The van der Waals surface area contributed by atoms with Crippen LogP contribution in [0.2, 0.25) is 0 Å². The topological polar surface area (TPSA) is 86.0 Å². The number of pyridine rings is 1. The van der Waals surface area contributed by atoms with E-state index in [1.165, 1.54) is 18.4 Å². The predicted molar refractivity (Wildman–Crippen MR) is 119 cm³/mol. The Labute approximate surface area is 187 Å². The smallest absolute Gasteiger partial charge is 0.166 e. The second-order valence-corrected chi connectivity index (χ2v) is 10.4. The van der Waals surface area contributed by atoms with Crippen LogP contribution in [0.15, 0.2) is 42.2 Å². The van der Waals surface area contributed by atoms with Gasteiger partial charge in [0.2, 0.25) is 0 Å². The molecule has 3 N–H and O–H groups in total. The lowest BCUT2D eigenvalue weighted by Gasteiger charge is -2.63. The zero-order valence-electron chi connectivity index (χ0n) is 18.0. The molecule has 0 unspecified atom stereocenters. The van der Waals surface area contributed by atoms with Crippen molar-refractivity contribution >= 4 is 5.76 Å². The van der Waals surface area contributed by atoms with Gasteiger partial charge in [-0.2, -0.15) is 0 Å². The second kappa shape index (κ2) is 6.27. The van der Waals surface area contributed by atoms with Crippen LogP contribution in [0.5, 0.6) is 11.5 Å². The van der Waals surface area contributed by atoms with E-state index in [0.717, 1.165) is 43.0 Å². The molecule has 2 saturated carbocycles. The molecule has 0 radical (unpaired) electrons. The van der Waals surface area contributed by atoms with Gasteiger partial charge in [0, 0.05) is 41.7 Å². The van der Waals surface area contributed by atoms with Crippen LogP contribution in [0, 0.1) is 5.92 Å². The van der Waals surface area contributed by atoms with E-state index < -0.39 is 17.1 Å². The molecule has 2 bridgehead atoms. The highest BCUT2D eigenvalue weighted by Crippen LogP contribution is 2.66. The summed E-state index contributed by atoms with van der Waals surface area (Å²) in [6.45, 7) is 1.96. The Morgan fingerprint density at radius 3 is 2.75 bits per heavy atom. The minimum absolute atomic E-state index is 0.0376. The van der Waals surface area contributed by atoms with Gasteiger partial charge in [0.25, 0.3) is 0 Å². The summed E-state index contributed by atoms with van der Waals surface area (Å²) in [5, 5.41) is 34.5. The molecule has 6 heteroatoms. The Morgan fingerprint density at radius 2 is 1.97 bits per heavy atom. The lowest BCUT2D eigenvalue weighted by atomic mass is 9.48. The molecular weight excluding hydrogens is 404 g/mol. The molecule has 166 valence electrons. The van der Waals surface area contributed by atoms with Crippen LogP contribution in [-0.4, -0.2) is 56.0 Å². The van der Waals surface area contributed by atoms with E-state index in [0.29, 0.717) is 24.2 Å². The minimum Gasteiger partial charge on any atom is -0.507 e. The number of nitrogens with zero attached hydrogens (tertiary/aromatic N) is 2. The SMILES string of the molecule is O/C(=C1/CC[C@@]2(O)[C@H]3Cc4ccc(O)c5c4[C@@]2(CCN3CC2CC2)[C@H]1O5)c1ccncc1. The first-order valence-corrected chi connectivity index (χ1v) is 11.8. The lowest BCUT2D eigenvalue weighted by Crippen LogP contribution is -2.75. The molecule has 1 spiro atoms. The zero-order valence-corrected chi connectivity index (χ0v) is 18.0. The van der Waals surface area contributed by atoms with Gasteiger partial charge < -0.3 is 20.1 Å². The summed E-state index contributed by atoms with van der Waals surface area (Å²) in [6, 6.07) is 7.37. The molecule has 3 aliphatic carbocycles. The highest BCUT2D eigenvalue weighted by molar-refractivity contribution is 5.69. The first-order chi connectivity index (χ1) is 15.5. The fraction of sp³-hybridized carbons (Fsp3) is 0.500. The van der Waals surface area contributed by atoms with Crippen LogP contribution in [0.25, 0.3) is 5.76 Å². The molecule has 3 fully saturated rings. The summed E-state index contributed by atoms with van der Waals surface area (Å²) in [6.07, 6.45) is 8.12. The van der Waals surface area contributed by atoms with Crippen LogP contribution in [0.1, 0.15) is 48.8 Å². The van der Waals surface area contributed by atoms with Crippen LogP contribution in [0.3, 0.4) is 0 Å². The third kappa shape index (κ3) is 2.24. The number of benzene rings is 1. The van der Waals surface area contributed by atoms with Crippen molar-refractivity contribution in [2.75, 3.05) is 13.1 Å². The van der Waals surface area contributed by atoms with Crippen molar-refractivity contribution in [2.45, 2.75) is 61.7 Å². The summed E-state index contributed by atoms with van der Waals surface area (Å²) < 4.78 is 6.50. The number of aromatic nitrogens is 1. The monoisotopic (exact) mass is 432 g/mol. The number of phenols is 1. The molecule has 5 aliphatic rings. The van der Waals surface area contributed by atoms with Crippen molar-refractivity contribution in [3.05, 3.63) is 58.9 Å². The molecule has 6 nitrogen and oxygen atoms in total. The molecular formula is C26H28N2O4. The Hall–Kier alpha value is -2.57. The first-order valence-electron chi connectivity index (χ1n) is 11.8. The van der Waals surface area contributed by atoms with E-state index in [4.69, 9.17) is 4.74 Å². The zero-order chi connectivity index (χ0) is 21.7. The number of aliphatic hydroxyl groups is 2. The van der Waals surface area contributed by atoms with Gasteiger partial charge in [-0.15, -0.1) is 0 Å². The number of aliphatic hydroxyl groups excluding tert-OH is 1. The van der Waals surface area contributed by atoms with Crippen LogP contribution in [-0.2, 0) is 11.8 Å². The number of ether oxygens (including phenoxy) is 1. The van der Waals surface area contributed by atoms with Gasteiger partial charge in [-0.05, 0) is 74.8 Å². The Bertz CT molecular complexity index is 1140. The average Bonchev–Trinajstić information content (AvgIpc) is 3.55. The van der Waals surface area contributed by atoms with Crippen molar-refractivity contribution in [3.63, 3.8) is 0 Å². The van der Waals surface area contributed by atoms with Gasteiger partial charge in [0.15, 0.2) is 11.5 Å². The number of hydrogen-bond donors (Lipinski definition) is 3. The molecule has 1 saturated heterocycles. The largest absolute Gasteiger partial charge is 0.507 e. The van der Waals surface area contributed by atoms with Crippen molar-refractivity contribution in [1.82, 2.24) is 9.88 Å². The van der Waals surface area contributed by atoms with E-state index in [2.05, 4.69) is 9.88 Å². The summed E-state index contributed by atoms with van der Waals surface area (Å²) in [4.78, 5) is 6.59. The van der Waals surface area contributed by atoms with E-state index in [1.807, 2.05) is 6.07 Å². The van der Waals surface area contributed by atoms with E-state index in [1.54, 1.807) is 30.6 Å². The Kier molecular flexibility index (Phi) is 3.71. The second-order valence-electron chi connectivity index (χ2n) is 10.4. The van der Waals surface area contributed by atoms with E-state index in [-0.39, 0.29) is 17.6 Å². The van der Waals surface area contributed by atoms with Gasteiger partial charge in [0.1, 0.15) is 11.9 Å². The standard InChI is InChI=1S/C26H28N2O4/c29-19-4-3-17-13-20-26(31)8-5-18(22(30)16-6-10-27-11-7-16)24-25(26,21(17)23(19)32-24)9-12-28(20)14-15-1-2-15/h3-4,6-7,10-11,15,20,24,29-31H,1-2,5,8-9,12-14H2/b22-18-/t20-,24+,25+,26-/m1/s1. The third-order valence-corrected chi connectivity index (χ3v) is 8.86. The lowest BCUT2D eigenvalue weighted by molar-refractivity contribution is -0.174. The highest BCUT2D eigenvalue weighted by Gasteiger charge is 2.72. The minimum atomic E-state index is -0.946. The number of hydrogen-bond acceptors (Lipinski definition) is 6. The van der Waals surface area contributed by atoms with Crippen molar-refractivity contribution < 1.29 is 20.1 Å². The number of phenolic OH excluding ortho intramolecular Hbond substituents is 1. The average molecular weight is 433 g/mol. The molecule has 2 aliphatic heterocycles. The van der Waals surface area contributed by atoms with Crippen molar-refractivity contribution in [2.24, 2.45) is 5.92 Å². The molecule has 4 atom stereocenters. The fourth-order valence-electron chi connectivity index (χ4n) is 7.24. The van der Waals surface area contributed by atoms with Crippen molar-refractivity contribution in [3.8, 4) is 11.5 Å². The van der Waals surface area contributed by atoms with E-state index >= 15 is 0 Å². The van der Waals surface area contributed by atoms with Gasteiger partial charge in [-0.1, -0.05) is 6.07 Å². The molecule has 7 rings (SSSR count). The van der Waals surface area contributed by atoms with Crippen LogP contribution in [0.4, 0.5) is 0 Å². The Morgan fingerprint density at radius 1 is 1.16 bits per heavy atom. The van der Waals surface area contributed by atoms with Gasteiger partial charge >= 0.3 is 0 Å². The normalized spacial score (nSPS) is 36.4. The third-order valence-electron chi connectivity index (χ3n) is 8.86. The van der Waals surface area contributed by atoms with Crippen molar-refractivity contribution in [1.29, 1.82) is 0 Å². The molecule has 1 aromatic carbocycles. The van der Waals surface area contributed by atoms with Crippen LogP contribution < -0.4 is 4.74 Å². The van der Waals surface area contributed by atoms with Gasteiger partial charge in [-0.25, -0.2) is 0 Å². The maximum Gasteiger partial charge on any atom is 0.166 e. The summed E-state index contributed by atoms with van der Waals surface area (Å²) in [7, 11) is 0. The summed E-state index contributed by atoms with van der Waals surface area (Å²) in [5.41, 5.74) is 2.08. The van der Waals surface area contributed by atoms with Gasteiger partial charge in [-0.3, -0.25) is 9.88 Å². The van der Waals surface area contributed by atoms with Crippen LogP contribution >= 0.6 is 0 Å². The van der Waals surface area contributed by atoms with E-state index in [9.17, 15) is 15.3 Å². The number of rotatable bonds is 3. The maximum absolute atomic E-state index is 12.5.